The average molecular weight is 354 g/mol. The summed E-state index contributed by atoms with van der Waals surface area (Å²) >= 11 is 6.11. The summed E-state index contributed by atoms with van der Waals surface area (Å²) in [6.07, 6.45) is 1.04. The third-order valence-corrected chi connectivity index (χ3v) is 4.55. The zero-order chi connectivity index (χ0) is 17.9. The molecule has 0 spiro atoms. The minimum absolute atomic E-state index is 0.144. The molecule has 1 aliphatic heterocycles. The Labute approximate surface area is 149 Å². The molecule has 0 aliphatic carbocycles. The molecule has 6 heteroatoms. The highest BCUT2D eigenvalue weighted by molar-refractivity contribution is 6.30. The summed E-state index contributed by atoms with van der Waals surface area (Å²) in [5, 5.41) is 13.5. The number of aliphatic hydroxyl groups is 1. The van der Waals surface area contributed by atoms with Gasteiger partial charge in [0.25, 0.3) is 0 Å². The summed E-state index contributed by atoms with van der Waals surface area (Å²) in [4.78, 5) is 16.0. The number of likely N-dealkylation sites (N-methyl/N-ethyl adjacent to an activating group) is 1. The number of aryl methyl sites for hydroxylation is 1. The lowest BCUT2D eigenvalue weighted by molar-refractivity contribution is 0.0531. The second kappa shape index (κ2) is 7.62. The van der Waals surface area contributed by atoms with Crippen LogP contribution in [0.3, 0.4) is 0 Å². The first-order chi connectivity index (χ1) is 11.2. The van der Waals surface area contributed by atoms with Crippen molar-refractivity contribution in [2.45, 2.75) is 32.8 Å². The van der Waals surface area contributed by atoms with Crippen LogP contribution in [-0.4, -0.2) is 54.9 Å². The van der Waals surface area contributed by atoms with E-state index in [0.717, 1.165) is 24.5 Å². The first-order valence-corrected chi connectivity index (χ1v) is 8.76. The van der Waals surface area contributed by atoms with Crippen LogP contribution in [-0.2, 0) is 0 Å². The molecule has 1 saturated heterocycles. The van der Waals surface area contributed by atoms with E-state index in [2.05, 4.69) is 17.1 Å². The molecule has 1 aromatic rings. The Morgan fingerprint density at radius 3 is 2.88 bits per heavy atom. The van der Waals surface area contributed by atoms with Gasteiger partial charge in [0.1, 0.15) is 0 Å². The predicted molar refractivity (Wildman–Crippen MR) is 98.8 cm³/mol. The first-order valence-electron chi connectivity index (χ1n) is 8.38. The number of nitrogens with one attached hydrogen (secondary N) is 1. The molecule has 1 atom stereocenters. The van der Waals surface area contributed by atoms with Gasteiger partial charge in [0.05, 0.1) is 12.1 Å². The minimum Gasteiger partial charge on any atom is -0.389 e. The van der Waals surface area contributed by atoms with Crippen LogP contribution in [0.2, 0.25) is 5.02 Å². The van der Waals surface area contributed by atoms with Crippen LogP contribution in [0.15, 0.2) is 18.2 Å². The third kappa shape index (κ3) is 5.28. The van der Waals surface area contributed by atoms with Gasteiger partial charge in [-0.1, -0.05) is 17.7 Å². The van der Waals surface area contributed by atoms with Crippen molar-refractivity contribution in [2.24, 2.45) is 5.92 Å². The number of amides is 2. The van der Waals surface area contributed by atoms with Crippen LogP contribution in [0.5, 0.6) is 0 Å². The molecule has 2 amide bonds. The van der Waals surface area contributed by atoms with Crippen molar-refractivity contribution in [3.05, 3.63) is 28.8 Å². The maximum absolute atomic E-state index is 12.1. The van der Waals surface area contributed by atoms with Crippen molar-refractivity contribution in [3.63, 3.8) is 0 Å². The Morgan fingerprint density at radius 1 is 1.50 bits per heavy atom. The van der Waals surface area contributed by atoms with E-state index in [1.807, 2.05) is 18.2 Å². The fourth-order valence-electron chi connectivity index (χ4n) is 3.16. The molecule has 0 saturated carbocycles. The third-order valence-electron chi connectivity index (χ3n) is 4.31. The number of nitrogens with zero attached hydrogens (tertiary/aromatic N) is 2. The van der Waals surface area contributed by atoms with Crippen molar-refractivity contribution in [1.82, 2.24) is 10.2 Å². The number of hydrogen-bond donors (Lipinski definition) is 2. The number of benzene rings is 1. The largest absolute Gasteiger partial charge is 0.389 e. The van der Waals surface area contributed by atoms with Crippen molar-refractivity contribution >= 4 is 23.3 Å². The van der Waals surface area contributed by atoms with Gasteiger partial charge < -0.3 is 20.2 Å². The highest BCUT2D eigenvalue weighted by Crippen LogP contribution is 2.29. The van der Waals surface area contributed by atoms with E-state index in [9.17, 15) is 9.90 Å². The lowest BCUT2D eigenvalue weighted by Crippen LogP contribution is -2.45. The number of carbonyl (C=O) groups is 1. The highest BCUT2D eigenvalue weighted by Gasteiger charge is 2.25. The van der Waals surface area contributed by atoms with Gasteiger partial charge in [-0.2, -0.15) is 0 Å². The van der Waals surface area contributed by atoms with E-state index in [1.165, 1.54) is 16.2 Å². The number of carbonyl (C=O) groups excluding carboxylic acids is 1. The fourth-order valence-corrected chi connectivity index (χ4v) is 3.33. The van der Waals surface area contributed by atoms with E-state index < -0.39 is 5.60 Å². The van der Waals surface area contributed by atoms with E-state index >= 15 is 0 Å². The molecule has 24 heavy (non-hydrogen) atoms. The van der Waals surface area contributed by atoms with Gasteiger partial charge in [-0.25, -0.2) is 4.79 Å². The second-order valence-electron chi connectivity index (χ2n) is 7.39. The maximum atomic E-state index is 12.1. The van der Waals surface area contributed by atoms with Crippen LogP contribution in [0, 0.1) is 12.8 Å². The quantitative estimate of drug-likeness (QED) is 0.855. The number of anilines is 1. The van der Waals surface area contributed by atoms with Crippen LogP contribution in [0.25, 0.3) is 0 Å². The number of rotatable bonds is 5. The van der Waals surface area contributed by atoms with Gasteiger partial charge in [0.15, 0.2) is 0 Å². The Hall–Kier alpha value is -1.46. The van der Waals surface area contributed by atoms with Crippen molar-refractivity contribution < 1.29 is 9.90 Å². The first kappa shape index (κ1) is 18.9. The van der Waals surface area contributed by atoms with E-state index in [0.29, 0.717) is 19.0 Å². The summed E-state index contributed by atoms with van der Waals surface area (Å²) in [5.41, 5.74) is 1.50. The Morgan fingerprint density at radius 2 is 2.21 bits per heavy atom. The molecule has 2 rings (SSSR count). The van der Waals surface area contributed by atoms with E-state index in [-0.39, 0.29) is 6.03 Å². The zero-order valence-corrected chi connectivity index (χ0v) is 15.7. The molecule has 5 nitrogen and oxygen atoms in total. The molecular formula is C18H28ClN3O2. The standard InChI is InChI=1S/C18H28ClN3O2/c1-13-5-6-15(19)9-16(13)22-8-7-14(11-22)10-20-17(23)21(4)12-18(2,3)24/h5-6,9,14,24H,7-8,10-12H2,1-4H3,(H,20,23). The van der Waals surface area contributed by atoms with Gasteiger partial charge in [-0.05, 0) is 50.8 Å². The van der Waals surface area contributed by atoms with Gasteiger partial charge in [0.2, 0.25) is 0 Å². The molecule has 0 radical (unpaired) electrons. The maximum Gasteiger partial charge on any atom is 0.317 e. The SMILES string of the molecule is Cc1ccc(Cl)cc1N1CCC(CNC(=O)N(C)CC(C)(C)O)C1. The molecule has 1 fully saturated rings. The van der Waals surface area contributed by atoms with Crippen LogP contribution >= 0.6 is 11.6 Å². The lowest BCUT2D eigenvalue weighted by atomic mass is 10.1. The lowest BCUT2D eigenvalue weighted by Gasteiger charge is -2.26. The van der Waals surface area contributed by atoms with E-state index in [4.69, 9.17) is 11.6 Å². The highest BCUT2D eigenvalue weighted by atomic mass is 35.5. The molecule has 1 unspecified atom stereocenters. The molecular weight excluding hydrogens is 326 g/mol. The van der Waals surface area contributed by atoms with Crippen LogP contribution in [0.1, 0.15) is 25.8 Å². The van der Waals surface area contributed by atoms with Crippen molar-refractivity contribution in [1.29, 1.82) is 0 Å². The number of hydrogen-bond acceptors (Lipinski definition) is 3. The number of halogens is 1. The molecule has 1 aliphatic rings. The topological polar surface area (TPSA) is 55.8 Å². The number of urea groups is 1. The summed E-state index contributed by atoms with van der Waals surface area (Å²) in [6, 6.07) is 5.81. The van der Waals surface area contributed by atoms with Gasteiger partial charge in [0, 0.05) is 37.4 Å². The Bertz CT molecular complexity index is 586. The summed E-state index contributed by atoms with van der Waals surface area (Å²) in [5.74, 6) is 0.419. The molecule has 134 valence electrons. The molecule has 1 heterocycles. The summed E-state index contributed by atoms with van der Waals surface area (Å²) in [7, 11) is 1.70. The smallest absolute Gasteiger partial charge is 0.317 e. The van der Waals surface area contributed by atoms with E-state index in [1.54, 1.807) is 20.9 Å². The summed E-state index contributed by atoms with van der Waals surface area (Å²) < 4.78 is 0. The van der Waals surface area contributed by atoms with Crippen LogP contribution in [0.4, 0.5) is 10.5 Å². The molecule has 1 aromatic carbocycles. The molecule has 0 aromatic heterocycles. The average Bonchev–Trinajstić information content (AvgIpc) is 2.94. The Kier molecular flexibility index (Phi) is 5.99. The van der Waals surface area contributed by atoms with Crippen molar-refractivity contribution in [2.75, 3.05) is 38.1 Å². The predicted octanol–water partition coefficient (Wildman–Crippen LogP) is 2.89. The van der Waals surface area contributed by atoms with Gasteiger partial charge in [-0.3, -0.25) is 0 Å². The fraction of sp³-hybridized carbons (Fsp3) is 0.611. The zero-order valence-electron chi connectivity index (χ0n) is 15.0. The van der Waals surface area contributed by atoms with Crippen LogP contribution < -0.4 is 10.2 Å². The molecule has 2 N–H and O–H groups in total. The normalized spacial score (nSPS) is 17.9. The van der Waals surface area contributed by atoms with Gasteiger partial charge in [-0.15, -0.1) is 0 Å². The van der Waals surface area contributed by atoms with Crippen molar-refractivity contribution in [3.8, 4) is 0 Å². The second-order valence-corrected chi connectivity index (χ2v) is 7.82. The Balaban J connectivity index is 1.84. The monoisotopic (exact) mass is 353 g/mol. The summed E-state index contributed by atoms with van der Waals surface area (Å²) in [6.45, 7) is 8.31. The van der Waals surface area contributed by atoms with Gasteiger partial charge >= 0.3 is 6.03 Å². The minimum atomic E-state index is -0.889. The molecule has 0 bridgehead atoms.